The standard InChI is InChI=1S/C18H20N4O5/c1-20-16-12(17(24)21(2)18(20)25)7-8-22(16)10-15(23)19-13-9-11(26-3)5-6-14(13)27-4/h5-9H,10H2,1-4H3,(H,19,23). The normalized spacial score (nSPS) is 10.8. The van der Waals surface area contributed by atoms with E-state index in [0.29, 0.717) is 28.2 Å². The van der Waals surface area contributed by atoms with Gasteiger partial charge in [-0.15, -0.1) is 0 Å². The van der Waals surface area contributed by atoms with Gasteiger partial charge in [0.25, 0.3) is 5.56 Å². The molecule has 2 aromatic heterocycles. The fourth-order valence-corrected chi connectivity index (χ4v) is 2.97. The van der Waals surface area contributed by atoms with Gasteiger partial charge in [-0.05, 0) is 18.2 Å². The van der Waals surface area contributed by atoms with Gasteiger partial charge < -0.3 is 19.4 Å². The fourth-order valence-electron chi connectivity index (χ4n) is 2.97. The second-order valence-electron chi connectivity index (χ2n) is 6.00. The number of aromatic nitrogens is 3. The van der Waals surface area contributed by atoms with Crippen LogP contribution >= 0.6 is 0 Å². The molecule has 0 spiro atoms. The number of hydrogen-bond acceptors (Lipinski definition) is 5. The third kappa shape index (κ3) is 3.19. The third-order valence-electron chi connectivity index (χ3n) is 4.36. The number of nitrogens with one attached hydrogen (secondary N) is 1. The minimum Gasteiger partial charge on any atom is -0.497 e. The molecule has 0 aliphatic heterocycles. The van der Waals surface area contributed by atoms with Crippen LogP contribution < -0.4 is 26.0 Å². The number of benzene rings is 1. The molecule has 27 heavy (non-hydrogen) atoms. The van der Waals surface area contributed by atoms with E-state index in [-0.39, 0.29) is 12.5 Å². The summed E-state index contributed by atoms with van der Waals surface area (Å²) in [6, 6.07) is 6.65. The summed E-state index contributed by atoms with van der Waals surface area (Å²) in [5.41, 5.74) is -0.0111. The van der Waals surface area contributed by atoms with Crippen molar-refractivity contribution >= 4 is 22.6 Å². The second-order valence-corrected chi connectivity index (χ2v) is 6.00. The molecule has 3 aromatic rings. The Morgan fingerprint density at radius 3 is 2.48 bits per heavy atom. The fraction of sp³-hybridized carbons (Fsp3) is 0.278. The van der Waals surface area contributed by atoms with Crippen LogP contribution in [0.3, 0.4) is 0 Å². The molecule has 1 aromatic carbocycles. The molecular formula is C18H20N4O5. The predicted octanol–water partition coefficient (Wildman–Crippen LogP) is 0.695. The first-order valence-electron chi connectivity index (χ1n) is 8.14. The number of ether oxygens (including phenoxy) is 2. The first kappa shape index (κ1) is 18.3. The molecule has 2 heterocycles. The number of hydrogen-bond donors (Lipinski definition) is 1. The lowest BCUT2D eigenvalue weighted by Crippen LogP contribution is -2.37. The number of methoxy groups -OCH3 is 2. The Morgan fingerprint density at radius 2 is 1.81 bits per heavy atom. The zero-order valence-corrected chi connectivity index (χ0v) is 15.5. The molecule has 0 fully saturated rings. The zero-order chi connectivity index (χ0) is 19.7. The summed E-state index contributed by atoms with van der Waals surface area (Å²) in [5, 5.41) is 3.13. The summed E-state index contributed by atoms with van der Waals surface area (Å²) >= 11 is 0. The molecule has 0 aliphatic carbocycles. The summed E-state index contributed by atoms with van der Waals surface area (Å²) in [6.07, 6.45) is 1.61. The first-order chi connectivity index (χ1) is 12.9. The van der Waals surface area contributed by atoms with E-state index in [1.807, 2.05) is 0 Å². The molecule has 0 unspecified atom stereocenters. The third-order valence-corrected chi connectivity index (χ3v) is 4.36. The molecule has 0 atom stereocenters. The molecule has 1 N–H and O–H groups in total. The van der Waals surface area contributed by atoms with E-state index in [9.17, 15) is 14.4 Å². The average molecular weight is 372 g/mol. The van der Waals surface area contributed by atoms with E-state index in [2.05, 4.69) is 5.32 Å². The van der Waals surface area contributed by atoms with Crippen molar-refractivity contribution in [1.29, 1.82) is 0 Å². The summed E-state index contributed by atoms with van der Waals surface area (Å²) in [7, 11) is 6.01. The van der Waals surface area contributed by atoms with Crippen LogP contribution in [0.2, 0.25) is 0 Å². The maximum atomic E-state index is 12.5. The highest BCUT2D eigenvalue weighted by Crippen LogP contribution is 2.28. The monoisotopic (exact) mass is 372 g/mol. The van der Waals surface area contributed by atoms with Gasteiger partial charge in [0.2, 0.25) is 5.91 Å². The average Bonchev–Trinajstić information content (AvgIpc) is 3.08. The summed E-state index contributed by atoms with van der Waals surface area (Å²) in [6.45, 7) is -0.0791. The number of aryl methyl sites for hydroxylation is 1. The smallest absolute Gasteiger partial charge is 0.332 e. The lowest BCUT2D eigenvalue weighted by Gasteiger charge is -2.13. The summed E-state index contributed by atoms with van der Waals surface area (Å²) in [5.74, 6) is 0.721. The number of amides is 1. The van der Waals surface area contributed by atoms with Crippen molar-refractivity contribution < 1.29 is 14.3 Å². The second kappa shape index (κ2) is 7.02. The predicted molar refractivity (Wildman–Crippen MR) is 101 cm³/mol. The Balaban J connectivity index is 1.94. The molecular weight excluding hydrogens is 352 g/mol. The Morgan fingerprint density at radius 1 is 1.07 bits per heavy atom. The van der Waals surface area contributed by atoms with E-state index < -0.39 is 11.2 Å². The zero-order valence-electron chi connectivity index (χ0n) is 15.5. The lowest BCUT2D eigenvalue weighted by molar-refractivity contribution is -0.116. The molecule has 9 nitrogen and oxygen atoms in total. The van der Waals surface area contributed by atoms with Crippen molar-refractivity contribution in [3.05, 3.63) is 51.3 Å². The number of fused-ring (bicyclic) bond motifs is 1. The number of carbonyl (C=O) groups excluding carboxylic acids is 1. The van der Waals surface area contributed by atoms with Crippen molar-refractivity contribution in [1.82, 2.24) is 13.7 Å². The Kier molecular flexibility index (Phi) is 4.76. The Bertz CT molecular complexity index is 1140. The molecule has 1 amide bonds. The van der Waals surface area contributed by atoms with Crippen molar-refractivity contribution in [2.24, 2.45) is 14.1 Å². The van der Waals surface area contributed by atoms with Crippen molar-refractivity contribution in [2.75, 3.05) is 19.5 Å². The van der Waals surface area contributed by atoms with Gasteiger partial charge in [0, 0.05) is 26.4 Å². The Hall–Kier alpha value is -3.49. The van der Waals surface area contributed by atoms with Crippen LogP contribution in [-0.2, 0) is 25.4 Å². The van der Waals surface area contributed by atoms with Crippen molar-refractivity contribution in [3.8, 4) is 11.5 Å². The van der Waals surface area contributed by atoms with Crippen molar-refractivity contribution in [2.45, 2.75) is 6.54 Å². The van der Waals surface area contributed by atoms with Crippen molar-refractivity contribution in [3.63, 3.8) is 0 Å². The Labute approximate surface area is 154 Å². The highest BCUT2D eigenvalue weighted by Gasteiger charge is 2.15. The van der Waals surface area contributed by atoms with Gasteiger partial charge in [-0.2, -0.15) is 0 Å². The van der Waals surface area contributed by atoms with E-state index in [0.717, 1.165) is 4.57 Å². The van der Waals surface area contributed by atoms with Gasteiger partial charge in [0.05, 0.1) is 25.3 Å². The quantitative estimate of drug-likeness (QED) is 0.711. The summed E-state index contributed by atoms with van der Waals surface area (Å²) < 4.78 is 14.3. The maximum absolute atomic E-state index is 12.5. The molecule has 142 valence electrons. The van der Waals surface area contributed by atoms with Crippen LogP contribution in [0.5, 0.6) is 11.5 Å². The van der Waals surface area contributed by atoms with Gasteiger partial charge in [0.1, 0.15) is 23.7 Å². The molecule has 3 rings (SSSR count). The van der Waals surface area contributed by atoms with Gasteiger partial charge in [-0.3, -0.25) is 18.7 Å². The topological polar surface area (TPSA) is 96.5 Å². The molecule has 0 bridgehead atoms. The molecule has 0 radical (unpaired) electrons. The van der Waals surface area contributed by atoms with E-state index in [1.54, 1.807) is 42.1 Å². The minimum absolute atomic E-state index is 0.0791. The lowest BCUT2D eigenvalue weighted by atomic mass is 10.2. The van der Waals surface area contributed by atoms with Gasteiger partial charge >= 0.3 is 5.69 Å². The van der Waals surface area contributed by atoms with Crippen LogP contribution in [0.1, 0.15) is 0 Å². The largest absolute Gasteiger partial charge is 0.497 e. The van der Waals surface area contributed by atoms with Gasteiger partial charge in [-0.25, -0.2) is 4.79 Å². The highest BCUT2D eigenvalue weighted by molar-refractivity contribution is 5.93. The highest BCUT2D eigenvalue weighted by atomic mass is 16.5. The number of carbonyl (C=O) groups is 1. The first-order valence-corrected chi connectivity index (χ1v) is 8.14. The van der Waals surface area contributed by atoms with Crippen LogP contribution in [0, 0.1) is 0 Å². The van der Waals surface area contributed by atoms with Crippen LogP contribution in [0.4, 0.5) is 5.69 Å². The van der Waals surface area contributed by atoms with Gasteiger partial charge in [-0.1, -0.05) is 0 Å². The van der Waals surface area contributed by atoms with E-state index in [1.165, 1.54) is 25.8 Å². The summed E-state index contributed by atoms with van der Waals surface area (Å²) in [4.78, 5) is 37.0. The molecule has 0 aliphatic rings. The maximum Gasteiger partial charge on any atom is 0.332 e. The SMILES string of the molecule is COc1ccc(OC)c(NC(=O)Cn2ccc3c(=O)n(C)c(=O)n(C)c32)c1. The van der Waals surface area contributed by atoms with E-state index >= 15 is 0 Å². The molecule has 0 saturated heterocycles. The number of rotatable bonds is 5. The van der Waals surface area contributed by atoms with Crippen LogP contribution in [0.25, 0.3) is 11.0 Å². The number of anilines is 1. The van der Waals surface area contributed by atoms with Crippen LogP contribution in [0.15, 0.2) is 40.1 Å². The number of nitrogens with zero attached hydrogens (tertiary/aromatic N) is 3. The van der Waals surface area contributed by atoms with E-state index in [4.69, 9.17) is 9.47 Å². The molecule has 0 saturated carbocycles. The van der Waals surface area contributed by atoms with Gasteiger partial charge in [0.15, 0.2) is 0 Å². The molecule has 9 heteroatoms. The van der Waals surface area contributed by atoms with Crippen LogP contribution in [-0.4, -0.2) is 33.8 Å². The minimum atomic E-state index is -0.456.